The number of carbonyl (C=O) groups excluding carboxylic acids is 2. The minimum Gasteiger partial charge on any atom is -0.481 e. The number of nitrogens with one attached hydrogen (secondary N) is 1. The second-order valence-electron chi connectivity index (χ2n) is 4.50. The van der Waals surface area contributed by atoms with Crippen molar-refractivity contribution in [3.63, 3.8) is 0 Å². The molecule has 20 heavy (non-hydrogen) atoms. The Hall–Kier alpha value is -2.37. The molecule has 0 spiro atoms. The number of rotatable bonds is 5. The van der Waals surface area contributed by atoms with Crippen LogP contribution in [0.4, 0.5) is 10.5 Å². The molecule has 0 fully saturated rings. The zero-order valence-electron chi connectivity index (χ0n) is 11.5. The number of carboxylic acids is 1. The quantitative estimate of drug-likeness (QED) is 0.861. The SMILES string of the molecule is Cc1cccc(N(C)C(=O)NC(=O)CCCC(=O)O)c1. The standard InChI is InChI=1S/C14H18N2O4/c1-10-5-3-6-11(9-10)16(2)14(20)15-12(17)7-4-8-13(18)19/h3,5-6,9H,4,7-8H2,1-2H3,(H,18,19)(H,15,17,20). The van der Waals surface area contributed by atoms with Gasteiger partial charge in [-0.2, -0.15) is 0 Å². The van der Waals surface area contributed by atoms with Gasteiger partial charge in [0, 0.05) is 25.6 Å². The number of hydrogen-bond acceptors (Lipinski definition) is 3. The Morgan fingerprint density at radius 2 is 1.95 bits per heavy atom. The predicted molar refractivity (Wildman–Crippen MR) is 74.6 cm³/mol. The summed E-state index contributed by atoms with van der Waals surface area (Å²) >= 11 is 0. The lowest BCUT2D eigenvalue weighted by atomic mass is 10.2. The fourth-order valence-corrected chi connectivity index (χ4v) is 1.62. The Morgan fingerprint density at radius 3 is 2.55 bits per heavy atom. The molecule has 1 aromatic rings. The summed E-state index contributed by atoms with van der Waals surface area (Å²) in [6.45, 7) is 1.91. The summed E-state index contributed by atoms with van der Waals surface area (Å²) in [5.41, 5.74) is 1.69. The van der Waals surface area contributed by atoms with Crippen molar-refractivity contribution in [3.8, 4) is 0 Å². The molecule has 0 aromatic heterocycles. The van der Waals surface area contributed by atoms with Crippen molar-refractivity contribution in [2.24, 2.45) is 0 Å². The van der Waals surface area contributed by atoms with E-state index in [-0.39, 0.29) is 19.3 Å². The van der Waals surface area contributed by atoms with Crippen molar-refractivity contribution in [1.29, 1.82) is 0 Å². The van der Waals surface area contributed by atoms with Crippen LogP contribution in [0.25, 0.3) is 0 Å². The Kier molecular flexibility index (Phi) is 5.71. The monoisotopic (exact) mass is 278 g/mol. The first-order chi connectivity index (χ1) is 9.40. The third-order valence-electron chi connectivity index (χ3n) is 2.73. The van der Waals surface area contributed by atoms with E-state index in [1.54, 1.807) is 13.1 Å². The van der Waals surface area contributed by atoms with Gasteiger partial charge in [0.25, 0.3) is 0 Å². The smallest absolute Gasteiger partial charge is 0.328 e. The van der Waals surface area contributed by atoms with E-state index in [1.165, 1.54) is 4.90 Å². The lowest BCUT2D eigenvalue weighted by Crippen LogP contribution is -2.40. The average molecular weight is 278 g/mol. The largest absolute Gasteiger partial charge is 0.481 e. The first kappa shape index (κ1) is 15.7. The van der Waals surface area contributed by atoms with Gasteiger partial charge in [0.1, 0.15) is 0 Å². The molecule has 0 unspecified atom stereocenters. The zero-order valence-corrected chi connectivity index (χ0v) is 11.5. The van der Waals surface area contributed by atoms with Gasteiger partial charge in [0.15, 0.2) is 0 Å². The summed E-state index contributed by atoms with van der Waals surface area (Å²) in [6.07, 6.45) is 0.137. The first-order valence-corrected chi connectivity index (χ1v) is 6.26. The van der Waals surface area contributed by atoms with E-state index < -0.39 is 17.9 Å². The second kappa shape index (κ2) is 7.28. The number of imide groups is 1. The van der Waals surface area contributed by atoms with Crippen LogP contribution in [0, 0.1) is 6.92 Å². The van der Waals surface area contributed by atoms with Gasteiger partial charge in [-0.3, -0.25) is 19.8 Å². The lowest BCUT2D eigenvalue weighted by Gasteiger charge is -2.17. The van der Waals surface area contributed by atoms with E-state index >= 15 is 0 Å². The molecule has 1 aromatic carbocycles. The molecule has 6 nitrogen and oxygen atoms in total. The predicted octanol–water partition coefficient (Wildman–Crippen LogP) is 1.92. The van der Waals surface area contributed by atoms with Crippen LogP contribution in [0.5, 0.6) is 0 Å². The summed E-state index contributed by atoms with van der Waals surface area (Å²) in [5, 5.41) is 10.7. The second-order valence-corrected chi connectivity index (χ2v) is 4.50. The van der Waals surface area contributed by atoms with Crippen LogP contribution >= 0.6 is 0 Å². The van der Waals surface area contributed by atoms with Gasteiger partial charge >= 0.3 is 12.0 Å². The average Bonchev–Trinajstić information content (AvgIpc) is 2.37. The van der Waals surface area contributed by atoms with Crippen molar-refractivity contribution < 1.29 is 19.5 Å². The summed E-state index contributed by atoms with van der Waals surface area (Å²) in [4.78, 5) is 35.0. The highest BCUT2D eigenvalue weighted by Gasteiger charge is 2.14. The zero-order chi connectivity index (χ0) is 15.1. The molecule has 0 saturated carbocycles. The van der Waals surface area contributed by atoms with Crippen LogP contribution in [0.15, 0.2) is 24.3 Å². The minimum absolute atomic E-state index is 0.0136. The molecule has 108 valence electrons. The number of anilines is 1. The van der Waals surface area contributed by atoms with Crippen LogP contribution in [-0.4, -0.2) is 30.1 Å². The van der Waals surface area contributed by atoms with Gasteiger partial charge in [-0.25, -0.2) is 4.79 Å². The maximum atomic E-state index is 11.8. The summed E-state index contributed by atoms with van der Waals surface area (Å²) in [5.74, 6) is -1.43. The molecule has 3 amide bonds. The molecule has 0 radical (unpaired) electrons. The van der Waals surface area contributed by atoms with Crippen molar-refractivity contribution >= 4 is 23.6 Å². The van der Waals surface area contributed by atoms with Crippen molar-refractivity contribution in [2.45, 2.75) is 26.2 Å². The van der Waals surface area contributed by atoms with E-state index in [0.29, 0.717) is 5.69 Å². The van der Waals surface area contributed by atoms with E-state index in [9.17, 15) is 14.4 Å². The molecule has 0 heterocycles. The summed E-state index contributed by atoms with van der Waals surface area (Å²) in [7, 11) is 1.56. The number of amides is 3. The highest BCUT2D eigenvalue weighted by atomic mass is 16.4. The van der Waals surface area contributed by atoms with Gasteiger partial charge in [-0.05, 0) is 31.0 Å². The van der Waals surface area contributed by atoms with Crippen molar-refractivity contribution in [3.05, 3.63) is 29.8 Å². The number of aryl methyl sites for hydroxylation is 1. The molecule has 1 rings (SSSR count). The molecule has 0 bridgehead atoms. The molecule has 0 atom stereocenters. The third kappa shape index (κ3) is 5.09. The maximum absolute atomic E-state index is 11.8. The van der Waals surface area contributed by atoms with E-state index in [2.05, 4.69) is 5.32 Å². The summed E-state index contributed by atoms with van der Waals surface area (Å²) in [6, 6.07) is 6.79. The molecule has 0 saturated heterocycles. The normalized spacial score (nSPS) is 9.90. The Morgan fingerprint density at radius 1 is 1.25 bits per heavy atom. The van der Waals surface area contributed by atoms with E-state index in [1.807, 2.05) is 25.1 Å². The Labute approximate surface area is 117 Å². The highest BCUT2D eigenvalue weighted by Crippen LogP contribution is 2.14. The first-order valence-electron chi connectivity index (χ1n) is 6.26. The summed E-state index contributed by atoms with van der Waals surface area (Å²) < 4.78 is 0. The number of nitrogens with zero attached hydrogens (tertiary/aromatic N) is 1. The number of aliphatic carboxylic acids is 1. The molecule has 0 aliphatic carbocycles. The van der Waals surface area contributed by atoms with Gasteiger partial charge < -0.3 is 5.11 Å². The molecular weight excluding hydrogens is 260 g/mol. The lowest BCUT2D eigenvalue weighted by molar-refractivity contribution is -0.137. The van der Waals surface area contributed by atoms with E-state index in [4.69, 9.17) is 5.11 Å². The molecule has 0 aliphatic heterocycles. The van der Waals surface area contributed by atoms with Crippen LogP contribution in [0.1, 0.15) is 24.8 Å². The van der Waals surface area contributed by atoms with Crippen molar-refractivity contribution in [1.82, 2.24) is 5.32 Å². The number of hydrogen-bond donors (Lipinski definition) is 2. The van der Waals surface area contributed by atoms with E-state index in [0.717, 1.165) is 5.56 Å². The fraction of sp³-hybridized carbons (Fsp3) is 0.357. The molecule has 2 N–H and O–H groups in total. The Bertz CT molecular complexity index is 514. The molecule has 6 heteroatoms. The molecular formula is C14H18N2O4. The number of carboxylic acid groups (broad SMARTS) is 1. The molecule has 0 aliphatic rings. The fourth-order valence-electron chi connectivity index (χ4n) is 1.62. The third-order valence-corrected chi connectivity index (χ3v) is 2.73. The number of urea groups is 1. The topological polar surface area (TPSA) is 86.7 Å². The van der Waals surface area contributed by atoms with Crippen LogP contribution in [-0.2, 0) is 9.59 Å². The van der Waals surface area contributed by atoms with Gasteiger partial charge in [-0.15, -0.1) is 0 Å². The van der Waals surface area contributed by atoms with Crippen LogP contribution < -0.4 is 10.2 Å². The van der Waals surface area contributed by atoms with Crippen LogP contribution in [0.3, 0.4) is 0 Å². The van der Waals surface area contributed by atoms with Gasteiger partial charge in [0.2, 0.25) is 5.91 Å². The van der Waals surface area contributed by atoms with Crippen molar-refractivity contribution in [2.75, 3.05) is 11.9 Å². The van der Waals surface area contributed by atoms with Crippen LogP contribution in [0.2, 0.25) is 0 Å². The maximum Gasteiger partial charge on any atom is 0.328 e. The minimum atomic E-state index is -0.957. The van der Waals surface area contributed by atoms with Gasteiger partial charge in [-0.1, -0.05) is 12.1 Å². The van der Waals surface area contributed by atoms with Gasteiger partial charge in [0.05, 0.1) is 0 Å². The Balaban J connectivity index is 2.49. The highest BCUT2D eigenvalue weighted by molar-refractivity contribution is 6.02. The number of benzene rings is 1. The number of carbonyl (C=O) groups is 3.